The van der Waals surface area contributed by atoms with E-state index in [4.69, 9.17) is 4.74 Å². The molecule has 6 unspecified atom stereocenters. The van der Waals surface area contributed by atoms with Crippen LogP contribution in [0.15, 0.2) is 36.7 Å². The number of ether oxygens (including phenoxy) is 1. The second-order valence-corrected chi connectivity index (χ2v) is 7.69. The molecule has 0 radical (unpaired) electrons. The van der Waals surface area contributed by atoms with Crippen LogP contribution in [0.4, 0.5) is 9.18 Å². The number of urea groups is 1. The monoisotopic (exact) mass is 370 g/mol. The fourth-order valence-corrected chi connectivity index (χ4v) is 4.87. The van der Waals surface area contributed by atoms with Gasteiger partial charge in [0.1, 0.15) is 5.82 Å². The van der Waals surface area contributed by atoms with E-state index in [-0.39, 0.29) is 36.1 Å². The third-order valence-corrected chi connectivity index (χ3v) is 6.19. The smallest absolute Gasteiger partial charge is 0.315 e. The number of amides is 2. The summed E-state index contributed by atoms with van der Waals surface area (Å²) in [4.78, 5) is 12.5. The summed E-state index contributed by atoms with van der Waals surface area (Å²) in [6.45, 7) is 2.62. The number of hydrogen-bond acceptors (Lipinski definition) is 3. The van der Waals surface area contributed by atoms with Crippen LogP contribution in [0.3, 0.4) is 0 Å². The van der Waals surface area contributed by atoms with Crippen molar-refractivity contribution in [3.8, 4) is 0 Å². The van der Waals surface area contributed by atoms with Crippen LogP contribution in [0, 0.1) is 11.7 Å². The van der Waals surface area contributed by atoms with E-state index >= 15 is 0 Å². The Labute approximate surface area is 157 Å². The number of benzene rings is 1. The van der Waals surface area contributed by atoms with Crippen LogP contribution in [0.25, 0.3) is 0 Å². The van der Waals surface area contributed by atoms with Crippen LogP contribution < -0.4 is 10.6 Å². The molecule has 7 heteroatoms. The van der Waals surface area contributed by atoms with E-state index in [1.807, 2.05) is 29.9 Å². The minimum atomic E-state index is -0.184. The number of carbonyl (C=O) groups excluding carboxylic acids is 1. The lowest BCUT2D eigenvalue weighted by atomic mass is 9.83. The highest BCUT2D eigenvalue weighted by Crippen LogP contribution is 2.56. The molecule has 5 rings (SSSR count). The summed E-state index contributed by atoms with van der Waals surface area (Å²) in [6, 6.07) is 6.90. The van der Waals surface area contributed by atoms with Gasteiger partial charge in [-0.05, 0) is 55.0 Å². The van der Waals surface area contributed by atoms with Crippen molar-refractivity contribution in [3.63, 3.8) is 0 Å². The molecule has 2 N–H and O–H groups in total. The zero-order valence-electron chi connectivity index (χ0n) is 15.1. The topological polar surface area (TPSA) is 68.2 Å². The molecule has 1 aromatic carbocycles. The van der Waals surface area contributed by atoms with E-state index in [0.29, 0.717) is 18.4 Å². The van der Waals surface area contributed by atoms with Crippen LogP contribution in [0.5, 0.6) is 0 Å². The van der Waals surface area contributed by atoms with Crippen LogP contribution >= 0.6 is 0 Å². The van der Waals surface area contributed by atoms with E-state index in [1.54, 1.807) is 12.3 Å². The number of hydrogen-bond donors (Lipinski definition) is 2. The van der Waals surface area contributed by atoms with Gasteiger partial charge in [-0.1, -0.05) is 6.07 Å². The van der Waals surface area contributed by atoms with Crippen molar-refractivity contribution in [3.05, 3.63) is 53.6 Å². The fraction of sp³-hybridized carbons (Fsp3) is 0.500. The summed E-state index contributed by atoms with van der Waals surface area (Å²) in [5.74, 6) is 0.536. The predicted octanol–water partition coefficient (Wildman–Crippen LogP) is 2.38. The molecule has 2 aromatic rings. The van der Waals surface area contributed by atoms with Crippen molar-refractivity contribution in [2.24, 2.45) is 5.92 Å². The molecule has 0 bridgehead atoms. The third-order valence-electron chi connectivity index (χ3n) is 6.19. The molecule has 3 aliphatic carbocycles. The van der Waals surface area contributed by atoms with E-state index in [1.165, 1.54) is 11.6 Å². The van der Waals surface area contributed by atoms with Gasteiger partial charge in [-0.3, -0.25) is 4.68 Å². The summed E-state index contributed by atoms with van der Waals surface area (Å²) < 4.78 is 21.0. The summed E-state index contributed by atoms with van der Waals surface area (Å²) in [7, 11) is 0. The quantitative estimate of drug-likeness (QED) is 0.849. The van der Waals surface area contributed by atoms with Gasteiger partial charge in [0.05, 0.1) is 18.2 Å². The maximum absolute atomic E-state index is 13.3. The van der Waals surface area contributed by atoms with Gasteiger partial charge in [-0.25, -0.2) is 9.18 Å². The molecule has 0 saturated heterocycles. The van der Waals surface area contributed by atoms with Gasteiger partial charge < -0.3 is 15.4 Å². The Bertz CT molecular complexity index is 856. The molecule has 6 atom stereocenters. The Kier molecular flexibility index (Phi) is 3.93. The van der Waals surface area contributed by atoms with Gasteiger partial charge >= 0.3 is 6.03 Å². The fourth-order valence-electron chi connectivity index (χ4n) is 4.87. The lowest BCUT2D eigenvalue weighted by Crippen LogP contribution is -2.59. The number of rotatable bonds is 5. The Morgan fingerprint density at radius 3 is 3.07 bits per heavy atom. The Morgan fingerprint density at radius 1 is 1.41 bits per heavy atom. The number of fused-ring (bicyclic) bond motifs is 3. The Morgan fingerprint density at radius 2 is 2.30 bits per heavy atom. The maximum Gasteiger partial charge on any atom is 0.315 e. The van der Waals surface area contributed by atoms with Crippen LogP contribution in [-0.4, -0.2) is 40.6 Å². The molecule has 3 aliphatic rings. The lowest BCUT2D eigenvalue weighted by Gasteiger charge is -2.44. The molecular formula is C20H23FN4O2. The SMILES string of the molecule is CCOC1CC(NC(=O)NC2C3Cc4cc(F)ccc4C32)C1n1cccn1. The number of aromatic nitrogens is 2. The molecule has 2 amide bonds. The highest BCUT2D eigenvalue weighted by Gasteiger charge is 2.56. The zero-order valence-corrected chi connectivity index (χ0v) is 15.1. The van der Waals surface area contributed by atoms with Crippen LogP contribution in [0.1, 0.15) is 36.4 Å². The molecule has 2 fully saturated rings. The third kappa shape index (κ3) is 2.81. The Hall–Kier alpha value is -2.41. The maximum atomic E-state index is 13.3. The molecule has 0 spiro atoms. The molecule has 1 aromatic heterocycles. The number of halogens is 1. The van der Waals surface area contributed by atoms with Gasteiger partial charge in [0, 0.05) is 31.0 Å². The highest BCUT2D eigenvalue weighted by atomic mass is 19.1. The first-order valence-corrected chi connectivity index (χ1v) is 9.61. The summed E-state index contributed by atoms with van der Waals surface area (Å²) in [5, 5.41) is 10.5. The van der Waals surface area contributed by atoms with Crippen molar-refractivity contribution >= 4 is 6.03 Å². The zero-order chi connectivity index (χ0) is 18.5. The molecule has 1 heterocycles. The molecule has 0 aliphatic heterocycles. The first-order valence-electron chi connectivity index (χ1n) is 9.61. The van der Waals surface area contributed by atoms with E-state index in [0.717, 1.165) is 18.4 Å². The number of nitrogens with zero attached hydrogens (tertiary/aromatic N) is 2. The van der Waals surface area contributed by atoms with Crippen molar-refractivity contribution < 1.29 is 13.9 Å². The van der Waals surface area contributed by atoms with Gasteiger partial charge in [-0.2, -0.15) is 5.10 Å². The van der Waals surface area contributed by atoms with E-state index in [2.05, 4.69) is 15.7 Å². The van der Waals surface area contributed by atoms with Crippen molar-refractivity contribution in [1.82, 2.24) is 20.4 Å². The average Bonchev–Trinajstić information content (AvgIpc) is 3.01. The first-order chi connectivity index (χ1) is 13.2. The predicted molar refractivity (Wildman–Crippen MR) is 96.9 cm³/mol. The van der Waals surface area contributed by atoms with Crippen molar-refractivity contribution in [2.75, 3.05) is 6.61 Å². The molecule has 142 valence electrons. The second-order valence-electron chi connectivity index (χ2n) is 7.69. The second kappa shape index (κ2) is 6.34. The Balaban J connectivity index is 1.19. The minimum Gasteiger partial charge on any atom is -0.376 e. The standard InChI is InChI=1S/C20H23FN4O2/c1-2-27-16-10-15(19(16)25-7-3-6-22-25)23-20(26)24-18-14-9-11-8-12(21)4-5-13(11)17(14)18/h3-8,14-19H,2,9-10H2,1H3,(H2,23,24,26). The van der Waals surface area contributed by atoms with Gasteiger partial charge in [-0.15, -0.1) is 0 Å². The van der Waals surface area contributed by atoms with Crippen LogP contribution in [-0.2, 0) is 11.2 Å². The van der Waals surface area contributed by atoms with E-state index < -0.39 is 0 Å². The molecule has 2 saturated carbocycles. The molecule has 6 nitrogen and oxygen atoms in total. The normalized spacial score (nSPS) is 33.0. The van der Waals surface area contributed by atoms with E-state index in [9.17, 15) is 9.18 Å². The van der Waals surface area contributed by atoms with Crippen molar-refractivity contribution in [1.29, 1.82) is 0 Å². The summed E-state index contributed by atoms with van der Waals surface area (Å²) in [6.07, 6.45) is 5.34. The summed E-state index contributed by atoms with van der Waals surface area (Å²) >= 11 is 0. The minimum absolute atomic E-state index is 0.00132. The van der Waals surface area contributed by atoms with Crippen LogP contribution in [0.2, 0.25) is 0 Å². The van der Waals surface area contributed by atoms with Gasteiger partial charge in [0.15, 0.2) is 0 Å². The molecule has 27 heavy (non-hydrogen) atoms. The number of carbonyl (C=O) groups is 1. The van der Waals surface area contributed by atoms with Gasteiger partial charge in [0.2, 0.25) is 0 Å². The first kappa shape index (κ1) is 16.7. The number of nitrogens with one attached hydrogen (secondary N) is 2. The highest BCUT2D eigenvalue weighted by molar-refractivity contribution is 5.76. The van der Waals surface area contributed by atoms with Crippen molar-refractivity contribution in [2.45, 2.75) is 49.9 Å². The lowest BCUT2D eigenvalue weighted by molar-refractivity contribution is -0.0574. The largest absolute Gasteiger partial charge is 0.376 e. The van der Waals surface area contributed by atoms with Gasteiger partial charge in [0.25, 0.3) is 0 Å². The molecular weight excluding hydrogens is 347 g/mol. The summed E-state index contributed by atoms with van der Waals surface area (Å²) in [5.41, 5.74) is 2.27. The average molecular weight is 370 g/mol.